The van der Waals surface area contributed by atoms with Gasteiger partial charge >= 0.3 is 0 Å². The van der Waals surface area contributed by atoms with Crippen molar-refractivity contribution in [3.05, 3.63) is 106 Å². The Morgan fingerprint density at radius 3 is 1.87 bits per heavy atom. The predicted molar refractivity (Wildman–Crippen MR) is 130 cm³/mol. The normalized spacial score (nSPS) is 17.4. The van der Waals surface area contributed by atoms with Crippen molar-refractivity contribution >= 4 is 24.1 Å². The minimum atomic E-state index is -0.667. The Kier molecular flexibility index (Phi) is 4.48. The number of rotatable bonds is 2. The maximum atomic E-state index is 6.86. The first-order valence-electron chi connectivity index (χ1n) is 10.8. The van der Waals surface area contributed by atoms with E-state index in [1.54, 1.807) is 0 Å². The summed E-state index contributed by atoms with van der Waals surface area (Å²) in [6.07, 6.45) is 10.8. The summed E-state index contributed by atoms with van der Waals surface area (Å²) >= 11 is 0. The van der Waals surface area contributed by atoms with E-state index in [9.17, 15) is 0 Å². The lowest BCUT2D eigenvalue weighted by molar-refractivity contribution is 0.161. The molecule has 2 aliphatic heterocycles. The Morgan fingerprint density at radius 2 is 1.26 bits per heavy atom. The molecule has 0 aliphatic carbocycles. The zero-order valence-electron chi connectivity index (χ0n) is 18.5. The molecule has 2 heterocycles. The number of hydrogen-bond acceptors (Lipinski definition) is 2. The van der Waals surface area contributed by atoms with Crippen LogP contribution in [0.2, 0.25) is 0 Å². The Balaban J connectivity index is 1.68. The van der Waals surface area contributed by atoms with Gasteiger partial charge < -0.3 is 4.74 Å². The van der Waals surface area contributed by atoms with Gasteiger partial charge in [0.25, 0.3) is 0 Å². The molecule has 0 aromatic heterocycles. The van der Waals surface area contributed by atoms with Crippen molar-refractivity contribution in [2.75, 3.05) is 0 Å². The molecular weight excluding hydrogens is 378 g/mol. The van der Waals surface area contributed by atoms with Crippen LogP contribution in [0.4, 0.5) is 5.69 Å². The van der Waals surface area contributed by atoms with E-state index < -0.39 is 5.60 Å². The molecule has 3 aromatic rings. The first-order chi connectivity index (χ1) is 14.9. The van der Waals surface area contributed by atoms with E-state index in [-0.39, 0.29) is 5.41 Å². The molecule has 0 bridgehead atoms. The molecule has 0 radical (unpaired) electrons. The van der Waals surface area contributed by atoms with Crippen molar-refractivity contribution < 1.29 is 4.74 Å². The fourth-order valence-corrected chi connectivity index (χ4v) is 4.22. The van der Waals surface area contributed by atoms with Gasteiger partial charge in [0.15, 0.2) is 5.60 Å². The van der Waals surface area contributed by atoms with Crippen molar-refractivity contribution in [2.24, 2.45) is 10.4 Å². The van der Waals surface area contributed by atoms with Crippen LogP contribution < -0.4 is 4.74 Å². The number of benzene rings is 3. The Labute approximate surface area is 184 Å². The van der Waals surface area contributed by atoms with E-state index in [0.717, 1.165) is 33.7 Å². The molecule has 0 spiro atoms. The van der Waals surface area contributed by atoms with Gasteiger partial charge in [-0.1, -0.05) is 85.7 Å². The average molecular weight is 406 g/mol. The first kappa shape index (κ1) is 19.6. The van der Waals surface area contributed by atoms with Crippen LogP contribution in [0.5, 0.6) is 5.75 Å². The Hall–Kier alpha value is -3.39. The van der Waals surface area contributed by atoms with Crippen LogP contribution in [0, 0.1) is 19.3 Å². The standard InChI is InChI=1S/C29H27NO/c1-20-5-9-22(10-6-20)29(23-11-7-21(2)8-12-23)18-16-25-24-15-17-28(3,4)19-30-26(24)13-14-27(25)31-29/h5-19H,1-4H3. The summed E-state index contributed by atoms with van der Waals surface area (Å²) in [6.45, 7) is 8.55. The highest BCUT2D eigenvalue weighted by Gasteiger charge is 2.37. The van der Waals surface area contributed by atoms with Gasteiger partial charge in [0.05, 0.1) is 5.69 Å². The number of allylic oxidation sites excluding steroid dienone is 1. The second-order valence-electron chi connectivity index (χ2n) is 9.23. The van der Waals surface area contributed by atoms with Gasteiger partial charge in [0, 0.05) is 33.9 Å². The molecule has 0 fully saturated rings. The Bertz CT molecular complexity index is 1180. The number of hydrogen-bond donors (Lipinski definition) is 0. The van der Waals surface area contributed by atoms with Gasteiger partial charge in [-0.15, -0.1) is 0 Å². The lowest BCUT2D eigenvalue weighted by atomic mass is 9.82. The minimum Gasteiger partial charge on any atom is -0.473 e. The van der Waals surface area contributed by atoms with Gasteiger partial charge in [-0.05, 0) is 38.1 Å². The maximum Gasteiger partial charge on any atom is 0.178 e. The fourth-order valence-electron chi connectivity index (χ4n) is 4.22. The topological polar surface area (TPSA) is 21.6 Å². The molecule has 0 atom stereocenters. The number of fused-ring (bicyclic) bond motifs is 3. The first-order valence-corrected chi connectivity index (χ1v) is 10.8. The number of nitrogens with zero attached hydrogens (tertiary/aromatic N) is 1. The quantitative estimate of drug-likeness (QED) is 0.435. The van der Waals surface area contributed by atoms with E-state index in [1.807, 2.05) is 6.21 Å². The molecule has 2 heteroatoms. The van der Waals surface area contributed by atoms with Crippen LogP contribution >= 0.6 is 0 Å². The second-order valence-corrected chi connectivity index (χ2v) is 9.23. The maximum absolute atomic E-state index is 6.86. The van der Waals surface area contributed by atoms with E-state index in [1.165, 1.54) is 11.1 Å². The summed E-state index contributed by atoms with van der Waals surface area (Å²) in [4.78, 5) is 4.74. The average Bonchev–Trinajstić information content (AvgIpc) is 2.92. The van der Waals surface area contributed by atoms with Crippen LogP contribution in [0.15, 0.2) is 77.8 Å². The van der Waals surface area contributed by atoms with E-state index in [0.29, 0.717) is 0 Å². The van der Waals surface area contributed by atoms with Crippen LogP contribution in [0.1, 0.15) is 47.2 Å². The lowest BCUT2D eigenvalue weighted by Gasteiger charge is -2.36. The van der Waals surface area contributed by atoms with E-state index in [4.69, 9.17) is 9.73 Å². The molecule has 0 unspecified atom stereocenters. The zero-order valence-corrected chi connectivity index (χ0v) is 18.5. The van der Waals surface area contributed by atoms with Gasteiger partial charge in [-0.3, -0.25) is 4.99 Å². The molecule has 0 saturated heterocycles. The summed E-state index contributed by atoms with van der Waals surface area (Å²) in [6, 6.07) is 21.4. The second kappa shape index (κ2) is 7.09. The van der Waals surface area contributed by atoms with Gasteiger partial charge in [0.2, 0.25) is 0 Å². The molecular formula is C29H27NO. The molecule has 0 saturated carbocycles. The highest BCUT2D eigenvalue weighted by molar-refractivity contribution is 5.86. The van der Waals surface area contributed by atoms with Gasteiger partial charge in [-0.25, -0.2) is 0 Å². The van der Waals surface area contributed by atoms with Gasteiger partial charge in [0.1, 0.15) is 5.75 Å². The van der Waals surface area contributed by atoms with Gasteiger partial charge in [-0.2, -0.15) is 0 Å². The summed E-state index contributed by atoms with van der Waals surface area (Å²) in [5.74, 6) is 0.877. The van der Waals surface area contributed by atoms with E-state index in [2.05, 4.69) is 113 Å². The molecule has 2 aliphatic rings. The number of aryl methyl sites for hydroxylation is 2. The zero-order chi connectivity index (χ0) is 21.6. The Morgan fingerprint density at radius 1 is 0.677 bits per heavy atom. The third-order valence-electron chi connectivity index (χ3n) is 6.16. The fraction of sp³-hybridized carbons (Fsp3) is 0.207. The summed E-state index contributed by atoms with van der Waals surface area (Å²) in [5.41, 5.74) is 7.14. The molecule has 0 amide bonds. The molecule has 5 rings (SSSR count). The molecule has 0 N–H and O–H groups in total. The highest BCUT2D eigenvalue weighted by Crippen LogP contribution is 2.45. The van der Waals surface area contributed by atoms with Crippen molar-refractivity contribution in [1.82, 2.24) is 0 Å². The van der Waals surface area contributed by atoms with E-state index >= 15 is 0 Å². The third-order valence-corrected chi connectivity index (χ3v) is 6.16. The molecule has 31 heavy (non-hydrogen) atoms. The SMILES string of the molecule is Cc1ccc(C2(c3ccc(C)cc3)C=Cc3c(ccc4c3C=CC(C)(C)C=N4)O2)cc1. The number of aliphatic imine (C=N–C) groups is 1. The molecule has 3 aromatic carbocycles. The van der Waals surface area contributed by atoms with Crippen molar-refractivity contribution in [3.8, 4) is 5.75 Å². The van der Waals surface area contributed by atoms with Crippen LogP contribution in [0.25, 0.3) is 12.2 Å². The summed E-state index contributed by atoms with van der Waals surface area (Å²) in [7, 11) is 0. The highest BCUT2D eigenvalue weighted by atomic mass is 16.5. The van der Waals surface area contributed by atoms with Crippen LogP contribution in [-0.4, -0.2) is 6.21 Å². The van der Waals surface area contributed by atoms with Crippen LogP contribution in [0.3, 0.4) is 0 Å². The lowest BCUT2D eigenvalue weighted by Crippen LogP contribution is -2.34. The summed E-state index contributed by atoms with van der Waals surface area (Å²) in [5, 5.41) is 0. The van der Waals surface area contributed by atoms with Crippen molar-refractivity contribution in [2.45, 2.75) is 33.3 Å². The smallest absolute Gasteiger partial charge is 0.178 e. The largest absolute Gasteiger partial charge is 0.473 e. The number of ether oxygens (including phenoxy) is 1. The monoisotopic (exact) mass is 405 g/mol. The van der Waals surface area contributed by atoms with Crippen molar-refractivity contribution in [1.29, 1.82) is 0 Å². The third kappa shape index (κ3) is 3.42. The predicted octanol–water partition coefficient (Wildman–Crippen LogP) is 7.41. The minimum absolute atomic E-state index is 0.0707. The summed E-state index contributed by atoms with van der Waals surface area (Å²) < 4.78 is 6.86. The van der Waals surface area contributed by atoms with Crippen LogP contribution in [-0.2, 0) is 5.60 Å². The molecule has 2 nitrogen and oxygen atoms in total. The van der Waals surface area contributed by atoms with Crippen molar-refractivity contribution in [3.63, 3.8) is 0 Å². The molecule has 154 valence electrons.